The van der Waals surface area contributed by atoms with Crippen LogP contribution in [0.3, 0.4) is 0 Å². The van der Waals surface area contributed by atoms with Crippen molar-refractivity contribution in [1.29, 1.82) is 0 Å². The summed E-state index contributed by atoms with van der Waals surface area (Å²) in [5.74, 6) is -1.19. The number of allylic oxidation sites excluding steroid dienone is 3. The Morgan fingerprint density at radius 2 is 2.04 bits per heavy atom. The summed E-state index contributed by atoms with van der Waals surface area (Å²) in [7, 11) is 0. The van der Waals surface area contributed by atoms with Crippen LogP contribution in [0.2, 0.25) is 0 Å². The van der Waals surface area contributed by atoms with E-state index in [2.05, 4.69) is 0 Å². The minimum atomic E-state index is -4.79. The van der Waals surface area contributed by atoms with Crippen molar-refractivity contribution in [3.63, 3.8) is 0 Å². The summed E-state index contributed by atoms with van der Waals surface area (Å²) in [6, 6.07) is 0. The van der Waals surface area contributed by atoms with Crippen molar-refractivity contribution < 1.29 is 32.6 Å². The summed E-state index contributed by atoms with van der Waals surface area (Å²) in [6.07, 6.45) is 0.711. The highest BCUT2D eigenvalue weighted by Gasteiger charge is 2.65. The number of hydrogen-bond acceptors (Lipinski definition) is 4. The van der Waals surface area contributed by atoms with E-state index in [1.165, 1.54) is 19.1 Å². The van der Waals surface area contributed by atoms with Gasteiger partial charge >= 0.3 is 12.1 Å². The van der Waals surface area contributed by atoms with Crippen LogP contribution in [0, 0.1) is 11.3 Å². The molecule has 0 aliphatic heterocycles. The molecule has 0 heterocycles. The van der Waals surface area contributed by atoms with E-state index >= 15 is 0 Å². The predicted molar refractivity (Wildman–Crippen MR) is 89.1 cm³/mol. The second-order valence-electron chi connectivity index (χ2n) is 7.07. The van der Waals surface area contributed by atoms with Gasteiger partial charge in [0.25, 0.3) is 0 Å². The molecule has 144 valence electrons. The van der Waals surface area contributed by atoms with Crippen molar-refractivity contribution in [2.45, 2.75) is 51.8 Å². The molecule has 4 nitrogen and oxygen atoms in total. The summed E-state index contributed by atoms with van der Waals surface area (Å²) in [6.45, 7) is 3.99. The Morgan fingerprint density at radius 3 is 2.54 bits per heavy atom. The van der Waals surface area contributed by atoms with Gasteiger partial charge in [0.1, 0.15) is 11.0 Å². The van der Waals surface area contributed by atoms with Gasteiger partial charge in [0.2, 0.25) is 0 Å². The van der Waals surface area contributed by atoms with Gasteiger partial charge in [-0.25, -0.2) is 4.79 Å². The van der Waals surface area contributed by atoms with Crippen molar-refractivity contribution in [2.24, 2.45) is 11.3 Å². The molecule has 0 aromatic rings. The number of esters is 1. The Labute approximate surface area is 150 Å². The molecule has 1 N–H and O–H groups in total. The first kappa shape index (κ1) is 20.4. The van der Waals surface area contributed by atoms with E-state index in [1.54, 1.807) is 6.92 Å². The Bertz CT molecular complexity index is 685. The molecule has 0 amide bonds. The Kier molecular flexibility index (Phi) is 5.52. The SMILES string of the molecule is CCOC(=O)C=C(C=CC1(O)C(C)=CC(=O)CC1(C)C(F)(F)F)C1CC1. The van der Waals surface area contributed by atoms with Crippen LogP contribution in [0.1, 0.15) is 40.0 Å². The normalized spacial score (nSPS) is 30.5. The van der Waals surface area contributed by atoms with Crippen LogP contribution < -0.4 is 0 Å². The summed E-state index contributed by atoms with van der Waals surface area (Å²) in [5, 5.41) is 10.9. The lowest BCUT2D eigenvalue weighted by Crippen LogP contribution is -2.57. The summed E-state index contributed by atoms with van der Waals surface area (Å²) in [5.41, 5.74) is -4.57. The van der Waals surface area contributed by atoms with E-state index in [0.29, 0.717) is 5.57 Å². The molecule has 0 bridgehead atoms. The first-order chi connectivity index (χ1) is 11.9. The van der Waals surface area contributed by atoms with E-state index < -0.39 is 35.4 Å². The van der Waals surface area contributed by atoms with Gasteiger partial charge in [-0.3, -0.25) is 4.79 Å². The van der Waals surface area contributed by atoms with Crippen molar-refractivity contribution >= 4 is 11.8 Å². The average molecular weight is 372 g/mol. The van der Waals surface area contributed by atoms with Crippen molar-refractivity contribution in [1.82, 2.24) is 0 Å². The van der Waals surface area contributed by atoms with Crippen LogP contribution in [0.25, 0.3) is 0 Å². The standard InChI is InChI=1S/C19H23F3O4/c1-4-26-16(24)10-14(13-5-6-13)7-8-18(25)12(2)9-15(23)11-17(18,3)19(20,21)22/h7-10,13,25H,4-6,11H2,1-3H3. The number of ether oxygens (including phenoxy) is 1. The van der Waals surface area contributed by atoms with E-state index in [9.17, 15) is 27.9 Å². The number of carbonyl (C=O) groups is 2. The molecule has 2 atom stereocenters. The van der Waals surface area contributed by atoms with Crippen molar-refractivity contribution in [3.05, 3.63) is 35.5 Å². The molecule has 26 heavy (non-hydrogen) atoms. The van der Waals surface area contributed by atoms with Crippen LogP contribution in [-0.4, -0.2) is 35.2 Å². The average Bonchev–Trinajstić information content (AvgIpc) is 3.33. The fraction of sp³-hybridized carbons (Fsp3) is 0.579. The zero-order valence-corrected chi connectivity index (χ0v) is 15.0. The van der Waals surface area contributed by atoms with E-state index in [0.717, 1.165) is 31.9 Å². The van der Waals surface area contributed by atoms with E-state index in [-0.39, 0.29) is 18.1 Å². The van der Waals surface area contributed by atoms with Gasteiger partial charge in [-0.05, 0) is 62.8 Å². The third kappa shape index (κ3) is 3.77. The Hall–Kier alpha value is -1.89. The lowest BCUT2D eigenvalue weighted by molar-refractivity contribution is -0.261. The number of aliphatic hydroxyl groups is 1. The molecule has 0 spiro atoms. The highest BCUT2D eigenvalue weighted by atomic mass is 19.4. The predicted octanol–water partition coefficient (Wildman–Crippen LogP) is 3.66. The maximum absolute atomic E-state index is 13.7. The van der Waals surface area contributed by atoms with E-state index in [1.807, 2.05) is 0 Å². The fourth-order valence-electron chi connectivity index (χ4n) is 3.21. The zero-order chi connectivity index (χ0) is 19.8. The van der Waals surface area contributed by atoms with Gasteiger partial charge in [-0.1, -0.05) is 6.08 Å². The van der Waals surface area contributed by atoms with Gasteiger partial charge in [0.15, 0.2) is 5.78 Å². The van der Waals surface area contributed by atoms with Gasteiger partial charge in [0.05, 0.1) is 6.61 Å². The van der Waals surface area contributed by atoms with Gasteiger partial charge in [0, 0.05) is 12.5 Å². The summed E-state index contributed by atoms with van der Waals surface area (Å²) < 4.78 is 46.0. The topological polar surface area (TPSA) is 63.6 Å². The number of carbonyl (C=O) groups excluding carboxylic acids is 2. The second kappa shape index (κ2) is 7.02. The highest BCUT2D eigenvalue weighted by molar-refractivity contribution is 5.93. The third-order valence-electron chi connectivity index (χ3n) is 5.11. The highest BCUT2D eigenvalue weighted by Crippen LogP contribution is 2.54. The minimum Gasteiger partial charge on any atom is -0.463 e. The van der Waals surface area contributed by atoms with Gasteiger partial charge in [-0.15, -0.1) is 0 Å². The van der Waals surface area contributed by atoms with Gasteiger partial charge < -0.3 is 9.84 Å². The quantitative estimate of drug-likeness (QED) is 0.454. The molecule has 0 aromatic heterocycles. The molecule has 0 radical (unpaired) electrons. The molecule has 0 saturated heterocycles. The molecule has 0 aromatic carbocycles. The second-order valence-corrected chi connectivity index (χ2v) is 7.07. The number of alkyl halides is 3. The molecule has 1 fully saturated rings. The van der Waals surface area contributed by atoms with E-state index in [4.69, 9.17) is 4.74 Å². The number of rotatable bonds is 5. The molecule has 1 saturated carbocycles. The lowest BCUT2D eigenvalue weighted by Gasteiger charge is -2.46. The van der Waals surface area contributed by atoms with Crippen LogP contribution in [0.15, 0.2) is 35.5 Å². The largest absolute Gasteiger partial charge is 0.463 e. The lowest BCUT2D eigenvalue weighted by atomic mass is 9.62. The molecule has 7 heteroatoms. The number of halogens is 3. The monoisotopic (exact) mass is 372 g/mol. The third-order valence-corrected chi connectivity index (χ3v) is 5.11. The number of hydrogen-bond donors (Lipinski definition) is 1. The first-order valence-electron chi connectivity index (χ1n) is 8.53. The molecular weight excluding hydrogens is 349 g/mol. The Morgan fingerprint density at radius 1 is 1.42 bits per heavy atom. The smallest absolute Gasteiger partial charge is 0.398 e. The molecular formula is C19H23F3O4. The first-order valence-corrected chi connectivity index (χ1v) is 8.53. The van der Waals surface area contributed by atoms with Crippen LogP contribution >= 0.6 is 0 Å². The van der Waals surface area contributed by atoms with Crippen LogP contribution in [-0.2, 0) is 14.3 Å². The molecule has 2 aliphatic rings. The fourth-order valence-corrected chi connectivity index (χ4v) is 3.21. The molecule has 2 rings (SSSR count). The minimum absolute atomic E-state index is 0.0610. The zero-order valence-electron chi connectivity index (χ0n) is 15.0. The van der Waals surface area contributed by atoms with Crippen molar-refractivity contribution in [3.8, 4) is 0 Å². The molecule has 2 aliphatic carbocycles. The Balaban J connectivity index is 2.44. The van der Waals surface area contributed by atoms with Gasteiger partial charge in [-0.2, -0.15) is 13.2 Å². The van der Waals surface area contributed by atoms with Crippen LogP contribution in [0.4, 0.5) is 13.2 Å². The maximum Gasteiger partial charge on any atom is 0.398 e. The molecule has 2 unspecified atom stereocenters. The maximum atomic E-state index is 13.7. The summed E-state index contributed by atoms with van der Waals surface area (Å²) >= 11 is 0. The van der Waals surface area contributed by atoms with Crippen LogP contribution in [0.5, 0.6) is 0 Å². The number of ketones is 1. The summed E-state index contributed by atoms with van der Waals surface area (Å²) in [4.78, 5) is 23.4. The van der Waals surface area contributed by atoms with Crippen molar-refractivity contribution in [2.75, 3.05) is 6.61 Å².